The number of rotatable bonds is 6. The van der Waals surface area contributed by atoms with Crippen LogP contribution in [0.2, 0.25) is 0 Å². The number of hydrogen-bond acceptors (Lipinski definition) is 3. The molecule has 27 heavy (non-hydrogen) atoms. The van der Waals surface area contributed by atoms with Gasteiger partial charge in [0.05, 0.1) is 11.3 Å². The summed E-state index contributed by atoms with van der Waals surface area (Å²) < 4.78 is 41.3. The zero-order valence-corrected chi connectivity index (χ0v) is 15.5. The predicted octanol–water partition coefficient (Wildman–Crippen LogP) is 4.00. The first-order valence-electron chi connectivity index (χ1n) is 9.04. The third kappa shape index (κ3) is 6.23. The smallest absolute Gasteiger partial charge is 0.359 e. The fourth-order valence-electron chi connectivity index (χ4n) is 3.13. The lowest BCUT2D eigenvalue weighted by Crippen LogP contribution is -2.39. The van der Waals surface area contributed by atoms with Crippen molar-refractivity contribution in [3.63, 3.8) is 0 Å². The highest BCUT2D eigenvalue weighted by Crippen LogP contribution is 2.25. The summed E-state index contributed by atoms with van der Waals surface area (Å²) in [7, 11) is 1.74. The minimum Gasteiger partial charge on any atom is -0.359 e. The number of hydrogen-bond donors (Lipinski definition) is 1. The molecule has 2 amide bonds. The number of amides is 2. The van der Waals surface area contributed by atoms with Gasteiger partial charge < -0.3 is 15.0 Å². The molecule has 0 bridgehead atoms. The van der Waals surface area contributed by atoms with Gasteiger partial charge in [0.25, 0.3) is 11.8 Å². The molecule has 5 nitrogen and oxygen atoms in total. The van der Waals surface area contributed by atoms with Crippen molar-refractivity contribution in [2.24, 2.45) is 0 Å². The Morgan fingerprint density at radius 2 is 1.85 bits per heavy atom. The van der Waals surface area contributed by atoms with Crippen molar-refractivity contribution in [3.8, 4) is 0 Å². The van der Waals surface area contributed by atoms with Gasteiger partial charge in [-0.05, 0) is 31.9 Å². The van der Waals surface area contributed by atoms with Gasteiger partial charge in [-0.15, -0.1) is 0 Å². The zero-order chi connectivity index (χ0) is 20.0. The molecule has 1 fully saturated rings. The maximum Gasteiger partial charge on any atom is 0.411 e. The van der Waals surface area contributed by atoms with E-state index in [1.807, 2.05) is 0 Å². The molecule has 1 aromatic rings. The lowest BCUT2D eigenvalue weighted by Gasteiger charge is -2.31. The zero-order valence-electron chi connectivity index (χ0n) is 15.5. The number of nitrogens with zero attached hydrogens (tertiary/aromatic N) is 1. The molecule has 1 aliphatic carbocycles. The number of para-hydroxylation sites is 1. The second-order valence-electron chi connectivity index (χ2n) is 6.81. The first-order chi connectivity index (χ1) is 12.7. The topological polar surface area (TPSA) is 58.6 Å². The van der Waals surface area contributed by atoms with Gasteiger partial charge in [-0.25, -0.2) is 0 Å². The Balaban J connectivity index is 2.06. The van der Waals surface area contributed by atoms with Gasteiger partial charge in [0.1, 0.15) is 12.7 Å². The highest BCUT2D eigenvalue weighted by atomic mass is 19.4. The molecule has 1 N–H and O–H groups in total. The molecule has 0 saturated heterocycles. The lowest BCUT2D eigenvalue weighted by atomic mass is 9.94. The van der Waals surface area contributed by atoms with Crippen molar-refractivity contribution in [1.29, 1.82) is 0 Å². The van der Waals surface area contributed by atoms with E-state index >= 15 is 0 Å². The van der Waals surface area contributed by atoms with Crippen LogP contribution in [-0.2, 0) is 9.53 Å². The van der Waals surface area contributed by atoms with Crippen LogP contribution < -0.4 is 5.32 Å². The largest absolute Gasteiger partial charge is 0.411 e. The minimum absolute atomic E-state index is 0.157. The normalized spacial score (nSPS) is 16.6. The average Bonchev–Trinajstić information content (AvgIpc) is 2.65. The van der Waals surface area contributed by atoms with Crippen LogP contribution in [0.5, 0.6) is 0 Å². The van der Waals surface area contributed by atoms with E-state index in [1.54, 1.807) is 36.2 Å². The van der Waals surface area contributed by atoms with E-state index in [-0.39, 0.29) is 17.6 Å². The Labute approximate surface area is 156 Å². The Hall–Kier alpha value is -2.09. The average molecular weight is 386 g/mol. The Kier molecular flexibility index (Phi) is 7.24. The molecule has 1 aliphatic rings. The van der Waals surface area contributed by atoms with Crippen molar-refractivity contribution < 1.29 is 27.5 Å². The molecule has 0 aliphatic heterocycles. The van der Waals surface area contributed by atoms with Gasteiger partial charge in [0, 0.05) is 13.1 Å². The monoisotopic (exact) mass is 386 g/mol. The highest BCUT2D eigenvalue weighted by molar-refractivity contribution is 6.04. The summed E-state index contributed by atoms with van der Waals surface area (Å²) >= 11 is 0. The molecule has 1 atom stereocenters. The van der Waals surface area contributed by atoms with Gasteiger partial charge in [0.15, 0.2) is 0 Å². The SMILES string of the molecule is CC(OCC(F)(F)F)C(=O)Nc1ccccc1C(=O)N(C)C1CCCCC1. The maximum atomic E-state index is 12.9. The van der Waals surface area contributed by atoms with E-state index in [0.29, 0.717) is 5.56 Å². The van der Waals surface area contributed by atoms with Gasteiger partial charge in [-0.2, -0.15) is 13.2 Å². The molecular formula is C19H25F3N2O3. The molecule has 1 aromatic carbocycles. The molecular weight excluding hydrogens is 361 g/mol. The van der Waals surface area contributed by atoms with E-state index in [2.05, 4.69) is 10.1 Å². The summed E-state index contributed by atoms with van der Waals surface area (Å²) in [6, 6.07) is 6.63. The van der Waals surface area contributed by atoms with E-state index in [9.17, 15) is 22.8 Å². The summed E-state index contributed by atoms with van der Waals surface area (Å²) in [6.07, 6.45) is -0.598. The summed E-state index contributed by atoms with van der Waals surface area (Å²) in [4.78, 5) is 26.7. The van der Waals surface area contributed by atoms with Crippen LogP contribution >= 0.6 is 0 Å². The summed E-state index contributed by atoms with van der Waals surface area (Å²) in [5.41, 5.74) is 0.569. The number of carbonyl (C=O) groups excluding carboxylic acids is 2. The van der Waals surface area contributed by atoms with Gasteiger partial charge in [-0.3, -0.25) is 9.59 Å². The molecule has 0 radical (unpaired) electrons. The number of halogens is 3. The standard InChI is InChI=1S/C19H25F3N2O3/c1-13(27-12-19(20,21)22)17(25)23-16-11-7-6-10-15(16)18(26)24(2)14-8-4-3-5-9-14/h6-7,10-11,13-14H,3-5,8-9,12H2,1-2H3,(H,23,25). The summed E-state index contributed by atoms with van der Waals surface area (Å²) in [6.45, 7) is -0.272. The fourth-order valence-corrected chi connectivity index (χ4v) is 3.13. The van der Waals surface area contributed by atoms with Crippen LogP contribution in [0, 0.1) is 0 Å². The first-order valence-corrected chi connectivity index (χ1v) is 9.04. The van der Waals surface area contributed by atoms with Crippen LogP contribution in [0.4, 0.5) is 18.9 Å². The van der Waals surface area contributed by atoms with E-state index < -0.39 is 24.8 Å². The molecule has 0 heterocycles. The molecule has 1 saturated carbocycles. The molecule has 1 unspecified atom stereocenters. The summed E-state index contributed by atoms with van der Waals surface area (Å²) in [5.74, 6) is -0.957. The Bertz CT molecular complexity index is 658. The van der Waals surface area contributed by atoms with Gasteiger partial charge in [0.2, 0.25) is 0 Å². The maximum absolute atomic E-state index is 12.9. The second-order valence-corrected chi connectivity index (χ2v) is 6.81. The number of anilines is 1. The fraction of sp³-hybridized carbons (Fsp3) is 0.579. The number of carbonyl (C=O) groups is 2. The van der Waals surface area contributed by atoms with E-state index in [1.165, 1.54) is 13.3 Å². The van der Waals surface area contributed by atoms with Crippen molar-refractivity contribution in [2.75, 3.05) is 19.0 Å². The molecule has 8 heteroatoms. The number of ether oxygens (including phenoxy) is 1. The highest BCUT2D eigenvalue weighted by Gasteiger charge is 2.30. The molecule has 0 spiro atoms. The predicted molar refractivity (Wildman–Crippen MR) is 95.5 cm³/mol. The van der Waals surface area contributed by atoms with Crippen LogP contribution in [0.3, 0.4) is 0 Å². The Morgan fingerprint density at radius 1 is 1.22 bits per heavy atom. The van der Waals surface area contributed by atoms with Crippen molar-refractivity contribution in [1.82, 2.24) is 4.90 Å². The van der Waals surface area contributed by atoms with Gasteiger partial charge in [-0.1, -0.05) is 31.4 Å². The lowest BCUT2D eigenvalue weighted by molar-refractivity contribution is -0.184. The van der Waals surface area contributed by atoms with Crippen LogP contribution in [0.1, 0.15) is 49.4 Å². The summed E-state index contributed by atoms with van der Waals surface area (Å²) in [5, 5.41) is 2.51. The van der Waals surface area contributed by atoms with Crippen molar-refractivity contribution in [3.05, 3.63) is 29.8 Å². The van der Waals surface area contributed by atoms with E-state index in [4.69, 9.17) is 0 Å². The molecule has 2 rings (SSSR count). The van der Waals surface area contributed by atoms with Crippen LogP contribution in [0.25, 0.3) is 0 Å². The number of nitrogens with one attached hydrogen (secondary N) is 1. The Morgan fingerprint density at radius 3 is 2.48 bits per heavy atom. The number of benzene rings is 1. The van der Waals surface area contributed by atoms with E-state index in [0.717, 1.165) is 25.7 Å². The van der Waals surface area contributed by atoms with Crippen molar-refractivity contribution in [2.45, 2.75) is 57.3 Å². The molecule has 150 valence electrons. The van der Waals surface area contributed by atoms with Gasteiger partial charge >= 0.3 is 6.18 Å². The quantitative estimate of drug-likeness (QED) is 0.804. The first kappa shape index (κ1) is 21.2. The van der Waals surface area contributed by atoms with Crippen LogP contribution in [-0.4, -0.2) is 48.7 Å². The van der Waals surface area contributed by atoms with Crippen LogP contribution in [0.15, 0.2) is 24.3 Å². The second kappa shape index (κ2) is 9.21. The third-order valence-electron chi connectivity index (χ3n) is 4.72. The third-order valence-corrected chi connectivity index (χ3v) is 4.72. The minimum atomic E-state index is -4.51. The van der Waals surface area contributed by atoms with Crippen molar-refractivity contribution >= 4 is 17.5 Å². The number of alkyl halides is 3. The molecule has 0 aromatic heterocycles.